The highest BCUT2D eigenvalue weighted by molar-refractivity contribution is 5.77. The standard InChI is InChI=1S/C14H20N2O2/c1-10(11-4-2-6-13(17)8-11)16-14(18)9-12-5-3-7-15-12/h2,4,6,8,10,12,15,17H,3,5,7,9H2,1H3,(H,16,18). The van der Waals surface area contributed by atoms with Crippen LogP contribution in [0.3, 0.4) is 0 Å². The van der Waals surface area contributed by atoms with Gasteiger partial charge in [-0.2, -0.15) is 0 Å². The first-order valence-corrected chi connectivity index (χ1v) is 6.47. The molecule has 1 aliphatic heterocycles. The first-order chi connectivity index (χ1) is 8.65. The Morgan fingerprint density at radius 1 is 1.61 bits per heavy atom. The molecule has 2 unspecified atom stereocenters. The lowest BCUT2D eigenvalue weighted by Crippen LogP contribution is -2.33. The topological polar surface area (TPSA) is 61.4 Å². The second-order valence-corrected chi connectivity index (χ2v) is 4.88. The highest BCUT2D eigenvalue weighted by Crippen LogP contribution is 2.18. The Morgan fingerprint density at radius 2 is 2.44 bits per heavy atom. The fraction of sp³-hybridized carbons (Fsp3) is 0.500. The molecule has 4 nitrogen and oxygen atoms in total. The number of carbonyl (C=O) groups excluding carboxylic acids is 1. The zero-order valence-electron chi connectivity index (χ0n) is 10.6. The van der Waals surface area contributed by atoms with E-state index in [0.717, 1.165) is 24.9 Å². The summed E-state index contributed by atoms with van der Waals surface area (Å²) in [7, 11) is 0. The van der Waals surface area contributed by atoms with Crippen molar-refractivity contribution in [3.8, 4) is 5.75 Å². The summed E-state index contributed by atoms with van der Waals surface area (Å²) in [5.74, 6) is 0.288. The molecule has 1 aliphatic rings. The van der Waals surface area contributed by atoms with Crippen LogP contribution >= 0.6 is 0 Å². The van der Waals surface area contributed by atoms with Gasteiger partial charge in [-0.1, -0.05) is 12.1 Å². The zero-order chi connectivity index (χ0) is 13.0. The Morgan fingerprint density at radius 3 is 3.11 bits per heavy atom. The van der Waals surface area contributed by atoms with Gasteiger partial charge < -0.3 is 15.7 Å². The van der Waals surface area contributed by atoms with Gasteiger partial charge in [-0.15, -0.1) is 0 Å². The van der Waals surface area contributed by atoms with Crippen LogP contribution in [0.25, 0.3) is 0 Å². The van der Waals surface area contributed by atoms with Gasteiger partial charge in [-0.05, 0) is 44.0 Å². The molecular weight excluding hydrogens is 228 g/mol. The maximum atomic E-state index is 11.9. The Bertz CT molecular complexity index is 414. The molecule has 1 aromatic rings. The van der Waals surface area contributed by atoms with Crippen LogP contribution in [0.1, 0.15) is 37.8 Å². The molecule has 98 valence electrons. The molecule has 0 bridgehead atoms. The average molecular weight is 248 g/mol. The van der Waals surface area contributed by atoms with Crippen molar-refractivity contribution in [3.63, 3.8) is 0 Å². The number of aromatic hydroxyl groups is 1. The van der Waals surface area contributed by atoms with Gasteiger partial charge >= 0.3 is 0 Å². The molecule has 4 heteroatoms. The summed E-state index contributed by atoms with van der Waals surface area (Å²) in [4.78, 5) is 11.9. The number of nitrogens with one attached hydrogen (secondary N) is 2. The third-order valence-corrected chi connectivity index (χ3v) is 3.34. The molecule has 0 spiro atoms. The molecule has 0 aliphatic carbocycles. The van der Waals surface area contributed by atoms with E-state index in [-0.39, 0.29) is 17.7 Å². The molecule has 1 saturated heterocycles. The smallest absolute Gasteiger partial charge is 0.222 e. The van der Waals surface area contributed by atoms with Gasteiger partial charge in [-0.3, -0.25) is 4.79 Å². The van der Waals surface area contributed by atoms with E-state index in [1.54, 1.807) is 18.2 Å². The summed E-state index contributed by atoms with van der Waals surface area (Å²) < 4.78 is 0. The summed E-state index contributed by atoms with van der Waals surface area (Å²) in [6, 6.07) is 7.23. The van der Waals surface area contributed by atoms with Crippen LogP contribution in [0, 0.1) is 0 Å². The lowest BCUT2D eigenvalue weighted by Gasteiger charge is -2.16. The van der Waals surface area contributed by atoms with E-state index < -0.39 is 0 Å². The van der Waals surface area contributed by atoms with Gasteiger partial charge in [-0.25, -0.2) is 0 Å². The van der Waals surface area contributed by atoms with Crippen LogP contribution in [-0.2, 0) is 4.79 Å². The van der Waals surface area contributed by atoms with Crippen molar-refractivity contribution in [1.82, 2.24) is 10.6 Å². The molecule has 1 amide bonds. The molecule has 18 heavy (non-hydrogen) atoms. The number of phenols is 1. The van der Waals surface area contributed by atoms with E-state index in [1.807, 2.05) is 13.0 Å². The monoisotopic (exact) mass is 248 g/mol. The number of hydrogen-bond donors (Lipinski definition) is 3. The maximum Gasteiger partial charge on any atom is 0.222 e. The Balaban J connectivity index is 1.86. The molecular formula is C14H20N2O2. The van der Waals surface area contributed by atoms with Gasteiger partial charge in [0.05, 0.1) is 6.04 Å². The number of rotatable bonds is 4. The molecule has 2 atom stereocenters. The Hall–Kier alpha value is -1.55. The summed E-state index contributed by atoms with van der Waals surface area (Å²) in [6.45, 7) is 2.94. The van der Waals surface area contributed by atoms with Crippen molar-refractivity contribution in [1.29, 1.82) is 0 Å². The minimum Gasteiger partial charge on any atom is -0.508 e. The number of phenolic OH excluding ortho intramolecular Hbond substituents is 1. The summed E-state index contributed by atoms with van der Waals surface area (Å²) in [6.07, 6.45) is 2.76. The summed E-state index contributed by atoms with van der Waals surface area (Å²) >= 11 is 0. The largest absolute Gasteiger partial charge is 0.508 e. The van der Waals surface area contributed by atoms with E-state index in [0.29, 0.717) is 12.5 Å². The summed E-state index contributed by atoms with van der Waals surface area (Å²) in [5, 5.41) is 15.7. The molecule has 2 rings (SSSR count). The van der Waals surface area contributed by atoms with E-state index in [2.05, 4.69) is 10.6 Å². The van der Waals surface area contributed by atoms with Crippen molar-refractivity contribution >= 4 is 5.91 Å². The fourth-order valence-corrected chi connectivity index (χ4v) is 2.33. The first kappa shape index (κ1) is 12.9. The SMILES string of the molecule is CC(NC(=O)CC1CCCN1)c1cccc(O)c1. The molecule has 0 saturated carbocycles. The van der Waals surface area contributed by atoms with Gasteiger partial charge in [0.25, 0.3) is 0 Å². The average Bonchev–Trinajstić information content (AvgIpc) is 2.81. The minimum atomic E-state index is -0.0778. The van der Waals surface area contributed by atoms with Crippen molar-refractivity contribution in [2.75, 3.05) is 6.54 Å². The number of benzene rings is 1. The highest BCUT2D eigenvalue weighted by atomic mass is 16.3. The van der Waals surface area contributed by atoms with Crippen molar-refractivity contribution in [3.05, 3.63) is 29.8 Å². The molecule has 0 aromatic heterocycles. The molecule has 1 fully saturated rings. The van der Waals surface area contributed by atoms with Crippen molar-refractivity contribution < 1.29 is 9.90 Å². The van der Waals surface area contributed by atoms with Gasteiger partial charge in [0.15, 0.2) is 0 Å². The van der Waals surface area contributed by atoms with E-state index in [9.17, 15) is 9.90 Å². The lowest BCUT2D eigenvalue weighted by atomic mass is 10.1. The van der Waals surface area contributed by atoms with Crippen molar-refractivity contribution in [2.45, 2.75) is 38.3 Å². The minimum absolute atomic E-state index is 0.0604. The van der Waals surface area contributed by atoms with Gasteiger partial charge in [0, 0.05) is 12.5 Å². The molecule has 1 heterocycles. The van der Waals surface area contributed by atoms with Gasteiger partial charge in [0.1, 0.15) is 5.75 Å². The Labute approximate surface area is 107 Å². The van der Waals surface area contributed by atoms with Crippen molar-refractivity contribution in [2.24, 2.45) is 0 Å². The molecule has 0 radical (unpaired) electrons. The predicted molar refractivity (Wildman–Crippen MR) is 70.3 cm³/mol. The lowest BCUT2D eigenvalue weighted by molar-refractivity contribution is -0.122. The highest BCUT2D eigenvalue weighted by Gasteiger charge is 2.18. The second-order valence-electron chi connectivity index (χ2n) is 4.88. The van der Waals surface area contributed by atoms with Crippen LogP contribution in [0.4, 0.5) is 0 Å². The predicted octanol–water partition coefficient (Wildman–Crippen LogP) is 1.71. The van der Waals surface area contributed by atoms with Crippen LogP contribution in [-0.4, -0.2) is 23.6 Å². The molecule has 3 N–H and O–H groups in total. The molecule has 1 aromatic carbocycles. The fourth-order valence-electron chi connectivity index (χ4n) is 2.33. The van der Waals surface area contributed by atoms with Crippen LogP contribution in [0.5, 0.6) is 5.75 Å². The Kier molecular flexibility index (Phi) is 4.20. The van der Waals surface area contributed by atoms with Crippen LogP contribution < -0.4 is 10.6 Å². The maximum absolute atomic E-state index is 11.9. The zero-order valence-corrected chi connectivity index (χ0v) is 10.6. The van der Waals surface area contributed by atoms with E-state index in [1.165, 1.54) is 0 Å². The third kappa shape index (κ3) is 3.47. The number of hydrogen-bond acceptors (Lipinski definition) is 3. The first-order valence-electron chi connectivity index (χ1n) is 6.47. The van der Waals surface area contributed by atoms with Gasteiger partial charge in [0.2, 0.25) is 5.91 Å². The van der Waals surface area contributed by atoms with E-state index >= 15 is 0 Å². The summed E-state index contributed by atoms with van der Waals surface area (Å²) in [5.41, 5.74) is 0.919. The van der Waals surface area contributed by atoms with E-state index in [4.69, 9.17) is 0 Å². The normalized spacial score (nSPS) is 20.6. The van der Waals surface area contributed by atoms with Crippen LogP contribution in [0.2, 0.25) is 0 Å². The quantitative estimate of drug-likeness (QED) is 0.760. The number of amides is 1. The third-order valence-electron chi connectivity index (χ3n) is 3.34. The number of carbonyl (C=O) groups is 1. The van der Waals surface area contributed by atoms with Crippen LogP contribution in [0.15, 0.2) is 24.3 Å². The second kappa shape index (κ2) is 5.87.